The van der Waals surface area contributed by atoms with Crippen LogP contribution in [0.5, 0.6) is 0 Å². The number of carbonyl (C=O) groups is 3. The average molecular weight is 472 g/mol. The van der Waals surface area contributed by atoms with Crippen molar-refractivity contribution in [3.8, 4) is 9.88 Å². The highest BCUT2D eigenvalue weighted by Gasteiger charge is 2.17. The van der Waals surface area contributed by atoms with E-state index < -0.39 is 24.4 Å². The van der Waals surface area contributed by atoms with Gasteiger partial charge in [0.15, 0.2) is 12.3 Å². The van der Waals surface area contributed by atoms with E-state index in [1.54, 1.807) is 10.8 Å². The number of anilines is 1. The highest BCUT2D eigenvalue weighted by atomic mass is 79.9. The topological polar surface area (TPSA) is 111 Å². The molecule has 3 N–H and O–H groups in total. The number of thiophene rings is 2. The molecule has 0 saturated carbocycles. The quantitative estimate of drug-likeness (QED) is 0.533. The minimum Gasteiger partial charge on any atom is -0.451 e. The Morgan fingerprint density at radius 2 is 2.04 bits per heavy atom. The zero-order valence-corrected chi connectivity index (χ0v) is 16.9. The highest BCUT2D eigenvalue weighted by molar-refractivity contribution is 9.11. The summed E-state index contributed by atoms with van der Waals surface area (Å²) in [6.07, 6.45) is 0. The number of rotatable bonds is 6. The second kappa shape index (κ2) is 8.08. The summed E-state index contributed by atoms with van der Waals surface area (Å²) in [6, 6.07) is 5.30. The van der Waals surface area contributed by atoms with E-state index in [2.05, 4.69) is 26.2 Å². The summed E-state index contributed by atoms with van der Waals surface area (Å²) < 4.78 is 5.93. The lowest BCUT2D eigenvalue weighted by Gasteiger charge is -2.05. The standard InChI is InChI=1S/C15H10BrN3O4S3/c16-10-2-1-9(26-10)14-18-8(6-25-14)15(22)23-5-11(20)19-13-7(12(17)21)3-4-24-13/h1-4,6H,5H2,(H2,17,21)(H,19,20). The number of amides is 2. The van der Waals surface area contributed by atoms with Crippen LogP contribution in [0.4, 0.5) is 5.00 Å². The van der Waals surface area contributed by atoms with Gasteiger partial charge in [-0.2, -0.15) is 0 Å². The third kappa shape index (κ3) is 4.36. The lowest BCUT2D eigenvalue weighted by molar-refractivity contribution is -0.119. The zero-order chi connectivity index (χ0) is 18.7. The van der Waals surface area contributed by atoms with Crippen molar-refractivity contribution >= 4 is 72.7 Å². The zero-order valence-electron chi connectivity index (χ0n) is 12.9. The lowest BCUT2D eigenvalue weighted by Crippen LogP contribution is -2.22. The Bertz CT molecular complexity index is 978. The van der Waals surface area contributed by atoms with E-state index in [-0.39, 0.29) is 11.3 Å². The molecule has 3 rings (SSSR count). The van der Waals surface area contributed by atoms with Crippen molar-refractivity contribution in [2.45, 2.75) is 0 Å². The Morgan fingerprint density at radius 1 is 1.23 bits per heavy atom. The number of primary amides is 1. The third-order valence-corrected chi connectivity index (χ3v) is 6.48. The van der Waals surface area contributed by atoms with Gasteiger partial charge in [-0.1, -0.05) is 0 Å². The highest BCUT2D eigenvalue weighted by Crippen LogP contribution is 2.33. The molecule has 0 aliphatic heterocycles. The first-order chi connectivity index (χ1) is 12.4. The molecule has 3 aromatic heterocycles. The molecule has 0 bridgehead atoms. The molecular formula is C15H10BrN3O4S3. The van der Waals surface area contributed by atoms with E-state index in [1.807, 2.05) is 12.1 Å². The van der Waals surface area contributed by atoms with Crippen molar-refractivity contribution in [3.05, 3.63) is 44.0 Å². The molecule has 11 heteroatoms. The van der Waals surface area contributed by atoms with E-state index >= 15 is 0 Å². The van der Waals surface area contributed by atoms with Gasteiger partial charge in [0.1, 0.15) is 10.0 Å². The molecule has 0 radical (unpaired) electrons. The normalized spacial score (nSPS) is 10.5. The fourth-order valence-electron chi connectivity index (χ4n) is 1.88. The van der Waals surface area contributed by atoms with Crippen molar-refractivity contribution in [2.24, 2.45) is 5.73 Å². The Hall–Kier alpha value is -2.08. The van der Waals surface area contributed by atoms with Crippen molar-refractivity contribution in [1.29, 1.82) is 0 Å². The molecule has 3 aromatic rings. The Morgan fingerprint density at radius 3 is 2.73 bits per heavy atom. The van der Waals surface area contributed by atoms with E-state index in [4.69, 9.17) is 10.5 Å². The molecule has 26 heavy (non-hydrogen) atoms. The SMILES string of the molecule is NC(=O)c1ccsc1NC(=O)COC(=O)c1csc(-c2ccc(Br)s2)n1. The molecule has 0 aliphatic carbocycles. The van der Waals surface area contributed by atoms with E-state index in [0.717, 1.165) is 20.0 Å². The smallest absolute Gasteiger partial charge is 0.358 e. The van der Waals surface area contributed by atoms with Crippen molar-refractivity contribution in [3.63, 3.8) is 0 Å². The van der Waals surface area contributed by atoms with Crippen LogP contribution in [0.2, 0.25) is 0 Å². The first-order valence-electron chi connectivity index (χ1n) is 6.99. The van der Waals surface area contributed by atoms with Gasteiger partial charge in [-0.15, -0.1) is 34.0 Å². The molecule has 134 valence electrons. The molecule has 0 aliphatic rings. The van der Waals surface area contributed by atoms with Crippen molar-refractivity contribution in [1.82, 2.24) is 4.98 Å². The van der Waals surface area contributed by atoms with Crippen LogP contribution in [0.25, 0.3) is 9.88 Å². The molecule has 2 amide bonds. The number of halogens is 1. The van der Waals surface area contributed by atoms with Gasteiger partial charge >= 0.3 is 5.97 Å². The third-order valence-electron chi connectivity index (χ3n) is 3.02. The number of carbonyl (C=O) groups excluding carboxylic acids is 3. The number of hydrogen-bond acceptors (Lipinski definition) is 8. The van der Waals surface area contributed by atoms with E-state index in [0.29, 0.717) is 10.0 Å². The summed E-state index contributed by atoms with van der Waals surface area (Å²) >= 11 is 7.35. The molecule has 0 atom stereocenters. The van der Waals surface area contributed by atoms with E-state index in [1.165, 1.54) is 28.7 Å². The fourth-order valence-corrected chi connectivity index (χ4v) is 4.93. The number of esters is 1. The van der Waals surface area contributed by atoms with Gasteiger partial charge < -0.3 is 15.8 Å². The van der Waals surface area contributed by atoms with Gasteiger partial charge in [0, 0.05) is 5.38 Å². The summed E-state index contributed by atoms with van der Waals surface area (Å²) in [5.74, 6) is -1.91. The Kier molecular flexibility index (Phi) is 5.81. The molecule has 0 saturated heterocycles. The Labute approximate surface area is 168 Å². The van der Waals surface area contributed by atoms with Crippen LogP contribution in [0, 0.1) is 0 Å². The number of nitrogens with two attached hydrogens (primary N) is 1. The van der Waals surface area contributed by atoms with Gasteiger partial charge in [0.25, 0.3) is 11.8 Å². The van der Waals surface area contributed by atoms with Crippen molar-refractivity contribution in [2.75, 3.05) is 11.9 Å². The molecular weight excluding hydrogens is 462 g/mol. The molecule has 0 aromatic carbocycles. The average Bonchev–Trinajstić information content (AvgIpc) is 3.32. The van der Waals surface area contributed by atoms with Gasteiger partial charge in [0.2, 0.25) is 0 Å². The Balaban J connectivity index is 1.57. The van der Waals surface area contributed by atoms with Crippen LogP contribution < -0.4 is 11.1 Å². The van der Waals surface area contributed by atoms with Crippen LogP contribution in [0.3, 0.4) is 0 Å². The van der Waals surface area contributed by atoms with Crippen molar-refractivity contribution < 1.29 is 19.1 Å². The fraction of sp³-hybridized carbons (Fsp3) is 0.0667. The summed E-state index contributed by atoms with van der Waals surface area (Å²) in [5, 5.41) is 6.71. The predicted molar refractivity (Wildman–Crippen MR) is 105 cm³/mol. The summed E-state index contributed by atoms with van der Waals surface area (Å²) in [4.78, 5) is 40.3. The minimum absolute atomic E-state index is 0.135. The van der Waals surface area contributed by atoms with Gasteiger partial charge in [-0.05, 0) is 39.5 Å². The number of nitrogens with one attached hydrogen (secondary N) is 1. The maximum absolute atomic E-state index is 12.0. The largest absolute Gasteiger partial charge is 0.451 e. The first-order valence-corrected chi connectivity index (χ1v) is 10.4. The molecule has 0 unspecified atom stereocenters. The monoisotopic (exact) mass is 471 g/mol. The second-order valence-electron chi connectivity index (χ2n) is 4.79. The number of hydrogen-bond donors (Lipinski definition) is 2. The van der Waals surface area contributed by atoms with E-state index in [9.17, 15) is 14.4 Å². The minimum atomic E-state index is -0.695. The lowest BCUT2D eigenvalue weighted by atomic mass is 10.3. The van der Waals surface area contributed by atoms with Gasteiger partial charge in [-0.25, -0.2) is 9.78 Å². The maximum Gasteiger partial charge on any atom is 0.358 e. The molecule has 0 fully saturated rings. The molecule has 7 nitrogen and oxygen atoms in total. The van der Waals surface area contributed by atoms with Crippen LogP contribution in [0.15, 0.2) is 32.7 Å². The van der Waals surface area contributed by atoms with Crippen LogP contribution in [-0.2, 0) is 9.53 Å². The van der Waals surface area contributed by atoms with Gasteiger partial charge in [0.05, 0.1) is 14.2 Å². The second-order valence-corrected chi connectivity index (χ2v) is 9.03. The molecule has 3 heterocycles. The van der Waals surface area contributed by atoms with Crippen LogP contribution in [0.1, 0.15) is 20.8 Å². The number of aromatic nitrogens is 1. The first kappa shape index (κ1) is 18.7. The maximum atomic E-state index is 12.0. The summed E-state index contributed by atoms with van der Waals surface area (Å²) in [7, 11) is 0. The van der Waals surface area contributed by atoms with Crippen LogP contribution in [-0.4, -0.2) is 29.4 Å². The predicted octanol–water partition coefficient (Wildman–Crippen LogP) is 3.59. The number of ether oxygens (including phenoxy) is 1. The number of thiazole rings is 1. The van der Waals surface area contributed by atoms with Gasteiger partial charge in [-0.3, -0.25) is 9.59 Å². The van der Waals surface area contributed by atoms with Crippen LogP contribution >= 0.6 is 49.9 Å². The summed E-state index contributed by atoms with van der Waals surface area (Å²) in [5.41, 5.74) is 5.55. The summed E-state index contributed by atoms with van der Waals surface area (Å²) in [6.45, 7) is -0.494. The number of nitrogens with zero attached hydrogens (tertiary/aromatic N) is 1. The molecule has 0 spiro atoms.